The van der Waals surface area contributed by atoms with E-state index in [2.05, 4.69) is 18.3 Å². The van der Waals surface area contributed by atoms with Crippen molar-refractivity contribution in [3.63, 3.8) is 0 Å². The number of nitrogens with zero attached hydrogens (tertiary/aromatic N) is 1. The van der Waals surface area contributed by atoms with Crippen molar-refractivity contribution in [2.45, 2.75) is 37.1 Å². The van der Waals surface area contributed by atoms with Crippen molar-refractivity contribution in [2.75, 3.05) is 19.4 Å². The zero-order valence-electron chi connectivity index (χ0n) is 11.9. The average Bonchev–Trinajstić information content (AvgIpc) is 2.46. The second-order valence-corrected chi connectivity index (χ2v) is 5.81. The quantitative estimate of drug-likeness (QED) is 0.740. The van der Waals surface area contributed by atoms with Crippen LogP contribution in [0.3, 0.4) is 0 Å². The molecule has 0 amide bonds. The van der Waals surface area contributed by atoms with E-state index in [1.165, 1.54) is 4.90 Å². The number of nitriles is 1. The molecular formula is C15H22N2OS. The number of hydrogen-bond acceptors (Lipinski definition) is 4. The second-order valence-electron chi connectivity index (χ2n) is 4.64. The van der Waals surface area contributed by atoms with Gasteiger partial charge in [-0.15, -0.1) is 11.8 Å². The highest BCUT2D eigenvalue weighted by Crippen LogP contribution is 2.24. The minimum Gasteiger partial charge on any atom is -0.497 e. The predicted molar refractivity (Wildman–Crippen MR) is 80.6 cm³/mol. The van der Waals surface area contributed by atoms with Crippen molar-refractivity contribution in [1.82, 2.24) is 5.32 Å². The largest absolute Gasteiger partial charge is 0.497 e. The topological polar surface area (TPSA) is 45.0 Å². The lowest BCUT2D eigenvalue weighted by molar-refractivity contribution is 0.414. The van der Waals surface area contributed by atoms with Gasteiger partial charge in [0.1, 0.15) is 11.3 Å². The molecule has 1 aromatic rings. The number of thioether (sulfide) groups is 1. The minimum atomic E-state index is -0.421. The molecule has 3 nitrogen and oxygen atoms in total. The lowest BCUT2D eigenvalue weighted by Crippen LogP contribution is -2.41. The fourth-order valence-electron chi connectivity index (χ4n) is 1.63. The van der Waals surface area contributed by atoms with Crippen LogP contribution in [-0.4, -0.2) is 24.9 Å². The summed E-state index contributed by atoms with van der Waals surface area (Å²) in [6.45, 7) is 4.96. The van der Waals surface area contributed by atoms with Gasteiger partial charge in [-0.1, -0.05) is 6.92 Å². The Morgan fingerprint density at radius 2 is 2.05 bits per heavy atom. The molecule has 0 fully saturated rings. The highest BCUT2D eigenvalue weighted by Gasteiger charge is 2.21. The van der Waals surface area contributed by atoms with Gasteiger partial charge in [0, 0.05) is 10.6 Å². The van der Waals surface area contributed by atoms with Gasteiger partial charge in [-0.25, -0.2) is 0 Å². The fourth-order valence-corrected chi connectivity index (χ4v) is 2.70. The third-order valence-corrected chi connectivity index (χ3v) is 3.96. The molecule has 0 aliphatic carbocycles. The van der Waals surface area contributed by atoms with Gasteiger partial charge in [0.15, 0.2) is 0 Å². The molecule has 104 valence electrons. The Hall–Kier alpha value is -1.18. The maximum Gasteiger partial charge on any atom is 0.118 e. The molecule has 0 bridgehead atoms. The molecule has 0 aliphatic rings. The molecule has 19 heavy (non-hydrogen) atoms. The van der Waals surface area contributed by atoms with E-state index in [0.29, 0.717) is 0 Å². The molecular weight excluding hydrogens is 256 g/mol. The van der Waals surface area contributed by atoms with Crippen LogP contribution in [0, 0.1) is 11.3 Å². The fraction of sp³-hybridized carbons (Fsp3) is 0.533. The Morgan fingerprint density at radius 1 is 1.37 bits per heavy atom. The first-order chi connectivity index (χ1) is 9.13. The number of benzene rings is 1. The normalized spacial score (nSPS) is 13.6. The third-order valence-electron chi connectivity index (χ3n) is 2.94. The van der Waals surface area contributed by atoms with Gasteiger partial charge in [0.2, 0.25) is 0 Å². The summed E-state index contributed by atoms with van der Waals surface area (Å²) in [4.78, 5) is 1.21. The molecule has 1 N–H and O–H groups in total. The van der Waals surface area contributed by atoms with Gasteiger partial charge in [0.25, 0.3) is 0 Å². The molecule has 1 atom stereocenters. The molecule has 1 unspecified atom stereocenters. The Balaban J connectivity index is 2.41. The predicted octanol–water partition coefficient (Wildman–Crippen LogP) is 3.46. The van der Waals surface area contributed by atoms with E-state index in [4.69, 9.17) is 4.74 Å². The van der Waals surface area contributed by atoms with Gasteiger partial charge in [-0.05, 0) is 50.6 Å². The molecule has 0 saturated heterocycles. The lowest BCUT2D eigenvalue weighted by atomic mass is 10.0. The summed E-state index contributed by atoms with van der Waals surface area (Å²) in [6, 6.07) is 10.4. The average molecular weight is 278 g/mol. The van der Waals surface area contributed by atoms with Crippen LogP contribution in [0.2, 0.25) is 0 Å². The Morgan fingerprint density at radius 3 is 2.58 bits per heavy atom. The van der Waals surface area contributed by atoms with Gasteiger partial charge >= 0.3 is 0 Å². The van der Waals surface area contributed by atoms with Crippen LogP contribution in [0.5, 0.6) is 5.75 Å². The van der Waals surface area contributed by atoms with Gasteiger partial charge in [-0.2, -0.15) is 5.26 Å². The monoisotopic (exact) mass is 278 g/mol. The summed E-state index contributed by atoms with van der Waals surface area (Å²) in [5, 5.41) is 12.5. The number of nitrogens with one attached hydrogen (secondary N) is 1. The van der Waals surface area contributed by atoms with E-state index >= 15 is 0 Å². The highest BCUT2D eigenvalue weighted by atomic mass is 32.2. The zero-order chi connectivity index (χ0) is 14.1. The molecule has 0 saturated carbocycles. The summed E-state index contributed by atoms with van der Waals surface area (Å²) < 4.78 is 5.13. The first kappa shape index (κ1) is 15.9. The molecule has 4 heteroatoms. The molecule has 0 spiro atoms. The van der Waals surface area contributed by atoms with Crippen molar-refractivity contribution >= 4 is 11.8 Å². The van der Waals surface area contributed by atoms with E-state index in [0.717, 1.165) is 30.9 Å². The molecule has 0 heterocycles. The maximum atomic E-state index is 9.24. The van der Waals surface area contributed by atoms with Gasteiger partial charge in [-0.3, -0.25) is 5.32 Å². The summed E-state index contributed by atoms with van der Waals surface area (Å²) in [7, 11) is 1.67. The molecule has 1 rings (SSSR count). The summed E-state index contributed by atoms with van der Waals surface area (Å²) in [5.41, 5.74) is -0.421. The standard InChI is InChI=1S/C15H22N2OS/c1-4-10-17-15(2,12-16)9-11-19-14-7-5-13(18-3)6-8-14/h5-8,17H,4,9-11H2,1-3H3. The van der Waals surface area contributed by atoms with Crippen LogP contribution in [0.1, 0.15) is 26.7 Å². The summed E-state index contributed by atoms with van der Waals surface area (Å²) in [5.74, 6) is 1.79. The van der Waals surface area contributed by atoms with E-state index < -0.39 is 5.54 Å². The van der Waals surface area contributed by atoms with E-state index in [9.17, 15) is 5.26 Å². The van der Waals surface area contributed by atoms with Crippen molar-refractivity contribution < 1.29 is 4.74 Å². The number of hydrogen-bond donors (Lipinski definition) is 1. The van der Waals surface area contributed by atoms with Crippen molar-refractivity contribution in [2.24, 2.45) is 0 Å². The summed E-state index contributed by atoms with van der Waals surface area (Å²) in [6.07, 6.45) is 1.88. The van der Waals surface area contributed by atoms with E-state index in [-0.39, 0.29) is 0 Å². The first-order valence-electron chi connectivity index (χ1n) is 6.56. The van der Waals surface area contributed by atoms with Crippen molar-refractivity contribution in [3.05, 3.63) is 24.3 Å². The SMILES string of the molecule is CCCNC(C)(C#N)CCSc1ccc(OC)cc1. The van der Waals surface area contributed by atoms with Crippen LogP contribution >= 0.6 is 11.8 Å². The Labute approximate surface area is 120 Å². The van der Waals surface area contributed by atoms with Crippen LogP contribution in [-0.2, 0) is 0 Å². The van der Waals surface area contributed by atoms with Gasteiger partial charge in [0.05, 0.1) is 13.2 Å². The lowest BCUT2D eigenvalue weighted by Gasteiger charge is -2.22. The van der Waals surface area contributed by atoms with Crippen LogP contribution in [0.15, 0.2) is 29.2 Å². The minimum absolute atomic E-state index is 0.421. The number of ether oxygens (including phenoxy) is 1. The molecule has 0 radical (unpaired) electrons. The van der Waals surface area contributed by atoms with Crippen molar-refractivity contribution in [3.8, 4) is 11.8 Å². The zero-order valence-corrected chi connectivity index (χ0v) is 12.7. The Kier molecular flexibility index (Phi) is 6.75. The maximum absolute atomic E-state index is 9.24. The van der Waals surface area contributed by atoms with Crippen molar-refractivity contribution in [1.29, 1.82) is 5.26 Å². The van der Waals surface area contributed by atoms with Crippen LogP contribution in [0.4, 0.5) is 0 Å². The third kappa shape index (κ3) is 5.54. The van der Waals surface area contributed by atoms with Gasteiger partial charge < -0.3 is 4.74 Å². The van der Waals surface area contributed by atoms with E-state index in [1.807, 2.05) is 31.2 Å². The number of rotatable bonds is 8. The second kappa shape index (κ2) is 8.08. The molecule has 0 aliphatic heterocycles. The number of methoxy groups -OCH3 is 1. The van der Waals surface area contributed by atoms with Crippen LogP contribution in [0.25, 0.3) is 0 Å². The Bertz CT molecular complexity index is 413. The van der Waals surface area contributed by atoms with Crippen LogP contribution < -0.4 is 10.1 Å². The smallest absolute Gasteiger partial charge is 0.118 e. The molecule has 1 aromatic carbocycles. The molecule has 0 aromatic heterocycles. The first-order valence-corrected chi connectivity index (χ1v) is 7.55. The summed E-state index contributed by atoms with van der Waals surface area (Å²) >= 11 is 1.77. The van der Waals surface area contributed by atoms with E-state index in [1.54, 1.807) is 18.9 Å². The highest BCUT2D eigenvalue weighted by molar-refractivity contribution is 7.99.